The number of H-pyrrole nitrogens is 1. The number of halogens is 5. The van der Waals surface area contributed by atoms with Crippen molar-refractivity contribution in [3.05, 3.63) is 79.2 Å². The topological polar surface area (TPSA) is 110 Å². The van der Waals surface area contributed by atoms with Crippen LogP contribution in [0.3, 0.4) is 0 Å². The molecule has 2 aromatic carbocycles. The summed E-state index contributed by atoms with van der Waals surface area (Å²) in [6.45, 7) is 5.15. The quantitative estimate of drug-likeness (QED) is 0.242. The number of pyridine rings is 1. The van der Waals surface area contributed by atoms with Gasteiger partial charge in [0.1, 0.15) is 17.0 Å². The summed E-state index contributed by atoms with van der Waals surface area (Å²) in [4.78, 5) is 48.0. The third kappa shape index (κ3) is 6.01. The summed E-state index contributed by atoms with van der Waals surface area (Å²) >= 11 is 18.7. The average Bonchev–Trinajstić information content (AvgIpc) is 3.28. The van der Waals surface area contributed by atoms with Crippen molar-refractivity contribution in [3.63, 3.8) is 0 Å². The van der Waals surface area contributed by atoms with E-state index < -0.39 is 33.6 Å². The molecule has 1 atom stereocenters. The number of aromatic amines is 1. The summed E-state index contributed by atoms with van der Waals surface area (Å²) in [5.41, 5.74) is -2.03. The van der Waals surface area contributed by atoms with Crippen LogP contribution in [0.2, 0.25) is 10.0 Å². The largest absolute Gasteiger partial charge is 0.495 e. The minimum atomic E-state index is -3.95. The van der Waals surface area contributed by atoms with Gasteiger partial charge in [0.15, 0.2) is 0 Å². The molecule has 1 N–H and O–H groups in total. The minimum Gasteiger partial charge on any atom is -0.495 e. The Morgan fingerprint density at radius 2 is 1.89 bits per heavy atom. The molecular weight excluding hydrogens is 683 g/mol. The van der Waals surface area contributed by atoms with Gasteiger partial charge in [0, 0.05) is 36.0 Å². The van der Waals surface area contributed by atoms with Crippen LogP contribution in [0.1, 0.15) is 53.9 Å². The number of carbonyl (C=O) groups excluding carboxylic acids is 2. The number of benzene rings is 2. The van der Waals surface area contributed by atoms with Gasteiger partial charge < -0.3 is 19.5 Å². The second-order valence-corrected chi connectivity index (χ2v) is 13.3. The van der Waals surface area contributed by atoms with Gasteiger partial charge in [0.25, 0.3) is 11.5 Å². The molecule has 0 unspecified atom stereocenters. The standard InChI is InChI=1S/C31H28Cl3F2N5O4S/c1-4-39-11-6-12-40(29(39)44)21-13-17-16-41(30(2,9-10-37)18(17)14-22(21)45-3)28(43)25-23(15-24(31(34,35)36)38-27(25)42)46-26-19(32)7-5-8-20(26)33/h5,7-8,13-15H,4,6,9,11-12,16H2,1-3H3,(H,38,42)/t30-/m0/s1. The lowest BCUT2D eigenvalue weighted by Gasteiger charge is -2.36. The number of carbonyl (C=O) groups is 2. The molecule has 0 bridgehead atoms. The second kappa shape index (κ2) is 13.0. The third-order valence-electron chi connectivity index (χ3n) is 8.21. The molecule has 0 saturated carbocycles. The molecule has 0 aliphatic carbocycles. The Morgan fingerprint density at radius 3 is 2.50 bits per heavy atom. The van der Waals surface area contributed by atoms with E-state index in [0.29, 0.717) is 42.2 Å². The normalized spacial score (nSPS) is 18.1. The van der Waals surface area contributed by atoms with Gasteiger partial charge in [0.05, 0.1) is 40.9 Å². The number of nitriles is 1. The third-order valence-corrected chi connectivity index (χ3v) is 10.5. The SMILES string of the molecule is CCN1CCCN(c2cc3c(cc2OC)[C@](C)(CC#N)N(C(=O)c2c(Sc4c(Cl)cccc4Cl)cc(C(F)(F)Cl)[nH]c2=O)C3)C1=O. The number of rotatable bonds is 8. The Morgan fingerprint density at radius 1 is 1.20 bits per heavy atom. The van der Waals surface area contributed by atoms with Crippen LogP contribution >= 0.6 is 46.6 Å². The molecule has 242 valence electrons. The number of hydrogen-bond acceptors (Lipinski definition) is 6. The number of ether oxygens (including phenoxy) is 1. The smallest absolute Gasteiger partial charge is 0.362 e. The Kier molecular flexibility index (Phi) is 9.53. The van der Waals surface area contributed by atoms with Gasteiger partial charge in [-0.15, -0.1) is 0 Å². The number of methoxy groups -OCH3 is 1. The lowest BCUT2D eigenvalue weighted by atomic mass is 9.88. The molecule has 5 rings (SSSR count). The molecule has 0 spiro atoms. The first-order valence-electron chi connectivity index (χ1n) is 14.2. The second-order valence-electron chi connectivity index (χ2n) is 11.0. The summed E-state index contributed by atoms with van der Waals surface area (Å²) < 4.78 is 34.2. The van der Waals surface area contributed by atoms with Crippen LogP contribution in [-0.4, -0.2) is 53.5 Å². The summed E-state index contributed by atoms with van der Waals surface area (Å²) in [5.74, 6) is -0.447. The molecular formula is C31H28Cl3F2N5O4S. The fourth-order valence-electron chi connectivity index (χ4n) is 5.84. The highest BCUT2D eigenvalue weighted by Gasteiger charge is 2.47. The highest BCUT2D eigenvalue weighted by atomic mass is 35.5. The van der Waals surface area contributed by atoms with E-state index in [9.17, 15) is 28.4 Å². The maximum absolute atomic E-state index is 14.4. The number of aromatic nitrogens is 1. The number of anilines is 1. The highest BCUT2D eigenvalue weighted by Crippen LogP contribution is 2.48. The predicted octanol–water partition coefficient (Wildman–Crippen LogP) is 7.57. The monoisotopic (exact) mass is 709 g/mol. The molecule has 3 aromatic rings. The molecule has 0 radical (unpaired) electrons. The number of amides is 3. The first-order chi connectivity index (χ1) is 21.7. The van der Waals surface area contributed by atoms with Crippen LogP contribution in [0, 0.1) is 11.3 Å². The fourth-order valence-corrected chi connectivity index (χ4v) is 7.58. The average molecular weight is 711 g/mol. The van der Waals surface area contributed by atoms with Crippen LogP contribution in [0.15, 0.2) is 51.0 Å². The van der Waals surface area contributed by atoms with Crippen molar-refractivity contribution < 1.29 is 23.1 Å². The summed E-state index contributed by atoms with van der Waals surface area (Å²) in [5, 5.41) is 6.27. The van der Waals surface area contributed by atoms with Crippen LogP contribution in [-0.2, 0) is 17.5 Å². The van der Waals surface area contributed by atoms with Gasteiger partial charge in [-0.3, -0.25) is 14.5 Å². The van der Waals surface area contributed by atoms with E-state index in [1.807, 2.05) is 11.9 Å². The Hall–Kier alpha value is -3.50. The zero-order valence-corrected chi connectivity index (χ0v) is 28.0. The van der Waals surface area contributed by atoms with Crippen molar-refractivity contribution in [2.75, 3.05) is 31.6 Å². The van der Waals surface area contributed by atoms with E-state index in [1.165, 1.54) is 24.1 Å². The minimum absolute atomic E-state index is 0.0489. The maximum Gasteiger partial charge on any atom is 0.362 e. The molecule has 2 aliphatic heterocycles. The lowest BCUT2D eigenvalue weighted by Crippen LogP contribution is -2.49. The molecule has 46 heavy (non-hydrogen) atoms. The van der Waals surface area contributed by atoms with Crippen LogP contribution in [0.4, 0.5) is 19.3 Å². The predicted molar refractivity (Wildman–Crippen MR) is 172 cm³/mol. The fraction of sp³-hybridized carbons (Fsp3) is 0.355. The van der Waals surface area contributed by atoms with Gasteiger partial charge in [0.2, 0.25) is 0 Å². The molecule has 3 heterocycles. The van der Waals surface area contributed by atoms with Crippen molar-refractivity contribution >= 4 is 64.2 Å². The van der Waals surface area contributed by atoms with Crippen LogP contribution in [0.25, 0.3) is 0 Å². The van der Waals surface area contributed by atoms with Gasteiger partial charge >= 0.3 is 11.4 Å². The van der Waals surface area contributed by atoms with Gasteiger partial charge in [-0.25, -0.2) is 4.79 Å². The van der Waals surface area contributed by atoms with E-state index >= 15 is 0 Å². The zero-order chi connectivity index (χ0) is 33.6. The molecule has 3 amide bonds. The van der Waals surface area contributed by atoms with E-state index in [-0.39, 0.29) is 38.8 Å². The van der Waals surface area contributed by atoms with Crippen LogP contribution < -0.4 is 15.2 Å². The number of fused-ring (bicyclic) bond motifs is 1. The maximum atomic E-state index is 14.4. The van der Waals surface area contributed by atoms with E-state index in [0.717, 1.165) is 24.2 Å². The molecule has 1 saturated heterocycles. The highest BCUT2D eigenvalue weighted by molar-refractivity contribution is 7.99. The van der Waals surface area contributed by atoms with Crippen molar-refractivity contribution in [1.82, 2.24) is 14.8 Å². The van der Waals surface area contributed by atoms with Gasteiger partial charge in [-0.2, -0.15) is 14.0 Å². The number of nitrogens with one attached hydrogen (secondary N) is 1. The first-order valence-corrected chi connectivity index (χ1v) is 16.1. The Labute approximate surface area is 282 Å². The first kappa shape index (κ1) is 33.9. The van der Waals surface area contributed by atoms with E-state index in [4.69, 9.17) is 39.5 Å². The molecule has 1 fully saturated rings. The van der Waals surface area contributed by atoms with Crippen molar-refractivity contribution in [3.8, 4) is 11.8 Å². The van der Waals surface area contributed by atoms with Gasteiger partial charge in [-0.1, -0.05) is 41.0 Å². The van der Waals surface area contributed by atoms with Gasteiger partial charge in [-0.05, 0) is 73.3 Å². The molecule has 9 nitrogen and oxygen atoms in total. The Bertz CT molecular complexity index is 1810. The number of urea groups is 1. The summed E-state index contributed by atoms with van der Waals surface area (Å²) in [6.07, 6.45) is 0.571. The molecule has 1 aromatic heterocycles. The molecule has 2 aliphatic rings. The Balaban J connectivity index is 1.64. The number of nitrogens with zero attached hydrogens (tertiary/aromatic N) is 4. The zero-order valence-electron chi connectivity index (χ0n) is 24.9. The summed E-state index contributed by atoms with van der Waals surface area (Å²) in [7, 11) is 1.47. The number of hydrogen-bond donors (Lipinski definition) is 1. The lowest BCUT2D eigenvalue weighted by molar-refractivity contribution is 0.0539. The molecule has 15 heteroatoms. The summed E-state index contributed by atoms with van der Waals surface area (Å²) in [6, 6.07) is 11.0. The van der Waals surface area contributed by atoms with E-state index in [2.05, 4.69) is 6.07 Å². The van der Waals surface area contributed by atoms with Crippen LogP contribution in [0.5, 0.6) is 5.75 Å². The van der Waals surface area contributed by atoms with Crippen molar-refractivity contribution in [2.45, 2.75) is 53.9 Å². The van der Waals surface area contributed by atoms with Crippen molar-refractivity contribution in [1.29, 1.82) is 5.26 Å². The van der Waals surface area contributed by atoms with Crippen molar-refractivity contribution in [2.24, 2.45) is 0 Å². The number of alkyl halides is 3. The van der Waals surface area contributed by atoms with E-state index in [1.54, 1.807) is 34.9 Å².